The lowest BCUT2D eigenvalue weighted by atomic mass is 10.0. The molecule has 0 bridgehead atoms. The van der Waals surface area contributed by atoms with E-state index in [4.69, 9.17) is 9.84 Å². The normalized spacial score (nSPS) is 14.5. The molecular formula is C24H25N3O3. The summed E-state index contributed by atoms with van der Waals surface area (Å²) in [5.41, 5.74) is 4.69. The van der Waals surface area contributed by atoms with E-state index in [-0.39, 0.29) is 0 Å². The number of pyridine rings is 1. The van der Waals surface area contributed by atoms with Gasteiger partial charge in [0.1, 0.15) is 5.75 Å². The van der Waals surface area contributed by atoms with E-state index in [0.717, 1.165) is 55.4 Å². The summed E-state index contributed by atoms with van der Waals surface area (Å²) in [6, 6.07) is 19.3. The molecule has 1 aliphatic rings. The van der Waals surface area contributed by atoms with Crippen LogP contribution in [0.4, 0.5) is 5.69 Å². The summed E-state index contributed by atoms with van der Waals surface area (Å²) in [5, 5.41) is 9.06. The second-order valence-electron chi connectivity index (χ2n) is 7.35. The second-order valence-corrected chi connectivity index (χ2v) is 7.35. The van der Waals surface area contributed by atoms with E-state index >= 15 is 0 Å². The lowest BCUT2D eigenvalue weighted by Gasteiger charge is -2.36. The standard InChI is InChI=1S/C24H25N3O3/c1-30-22-10-6-18(7-11-22)23-20(3-2-12-25-23)17-26-13-15-27(16-14-26)21-8-4-19(5-9-21)24(28)29/h2-12H,13-17H2,1H3,(H,28,29). The summed E-state index contributed by atoms with van der Waals surface area (Å²) in [4.78, 5) is 20.4. The molecule has 1 aromatic heterocycles. The maximum Gasteiger partial charge on any atom is 0.335 e. The number of hydrogen-bond donors (Lipinski definition) is 1. The van der Waals surface area contributed by atoms with Crippen molar-refractivity contribution in [2.45, 2.75) is 6.54 Å². The van der Waals surface area contributed by atoms with Crippen molar-refractivity contribution in [1.29, 1.82) is 0 Å². The number of carboxylic acid groups (broad SMARTS) is 1. The number of carboxylic acids is 1. The van der Waals surface area contributed by atoms with Gasteiger partial charge in [0.15, 0.2) is 0 Å². The molecule has 0 spiro atoms. The van der Waals surface area contributed by atoms with Gasteiger partial charge in [0.25, 0.3) is 0 Å². The molecule has 0 radical (unpaired) electrons. The molecule has 2 heterocycles. The topological polar surface area (TPSA) is 65.9 Å². The Bertz CT molecular complexity index is 995. The molecular weight excluding hydrogens is 378 g/mol. The first kappa shape index (κ1) is 19.9. The van der Waals surface area contributed by atoms with Crippen LogP contribution >= 0.6 is 0 Å². The smallest absolute Gasteiger partial charge is 0.335 e. The Morgan fingerprint density at radius 2 is 1.70 bits per heavy atom. The molecule has 6 nitrogen and oxygen atoms in total. The van der Waals surface area contributed by atoms with Crippen LogP contribution in [-0.4, -0.2) is 54.2 Å². The Morgan fingerprint density at radius 1 is 1.00 bits per heavy atom. The number of aromatic carboxylic acids is 1. The van der Waals surface area contributed by atoms with Crippen LogP contribution in [0.15, 0.2) is 66.9 Å². The van der Waals surface area contributed by atoms with Gasteiger partial charge in [0.2, 0.25) is 0 Å². The lowest BCUT2D eigenvalue weighted by molar-refractivity contribution is 0.0697. The second kappa shape index (κ2) is 8.97. The van der Waals surface area contributed by atoms with Crippen molar-refractivity contribution in [1.82, 2.24) is 9.88 Å². The van der Waals surface area contributed by atoms with Crippen molar-refractivity contribution in [3.05, 3.63) is 78.0 Å². The van der Waals surface area contributed by atoms with Crippen LogP contribution in [0, 0.1) is 0 Å². The average molecular weight is 403 g/mol. The van der Waals surface area contributed by atoms with E-state index in [0.29, 0.717) is 5.56 Å². The predicted molar refractivity (Wildman–Crippen MR) is 117 cm³/mol. The summed E-state index contributed by atoms with van der Waals surface area (Å²) < 4.78 is 5.26. The molecule has 1 fully saturated rings. The van der Waals surface area contributed by atoms with Gasteiger partial charge in [-0.1, -0.05) is 6.07 Å². The van der Waals surface area contributed by atoms with Crippen LogP contribution in [-0.2, 0) is 6.54 Å². The number of nitrogens with zero attached hydrogens (tertiary/aromatic N) is 3. The largest absolute Gasteiger partial charge is 0.497 e. The predicted octanol–water partition coefficient (Wildman–Crippen LogP) is 3.78. The zero-order valence-electron chi connectivity index (χ0n) is 17.0. The summed E-state index contributed by atoms with van der Waals surface area (Å²) in [6.45, 7) is 4.55. The molecule has 0 amide bonds. The van der Waals surface area contributed by atoms with Gasteiger partial charge in [-0.15, -0.1) is 0 Å². The Labute approximate surface area is 176 Å². The van der Waals surface area contributed by atoms with Crippen molar-refractivity contribution in [3.63, 3.8) is 0 Å². The van der Waals surface area contributed by atoms with Gasteiger partial charge < -0.3 is 14.7 Å². The zero-order valence-corrected chi connectivity index (χ0v) is 17.0. The van der Waals surface area contributed by atoms with Crippen LogP contribution in [0.3, 0.4) is 0 Å². The molecule has 1 N–H and O–H groups in total. The first-order chi connectivity index (χ1) is 14.6. The fourth-order valence-electron chi connectivity index (χ4n) is 3.79. The summed E-state index contributed by atoms with van der Waals surface area (Å²) in [5.74, 6) is -0.0563. The molecule has 0 aliphatic carbocycles. The lowest BCUT2D eigenvalue weighted by Crippen LogP contribution is -2.46. The monoisotopic (exact) mass is 403 g/mol. The van der Waals surface area contributed by atoms with E-state index in [1.54, 1.807) is 19.2 Å². The highest BCUT2D eigenvalue weighted by Gasteiger charge is 2.19. The Kier molecular flexibility index (Phi) is 5.95. The van der Waals surface area contributed by atoms with Crippen molar-refractivity contribution in [2.24, 2.45) is 0 Å². The third-order valence-electron chi connectivity index (χ3n) is 5.50. The molecule has 1 aliphatic heterocycles. The van der Waals surface area contributed by atoms with Crippen molar-refractivity contribution < 1.29 is 14.6 Å². The van der Waals surface area contributed by atoms with Crippen molar-refractivity contribution >= 4 is 11.7 Å². The van der Waals surface area contributed by atoms with Gasteiger partial charge in [-0.05, 0) is 60.2 Å². The molecule has 2 aromatic carbocycles. The van der Waals surface area contributed by atoms with Crippen molar-refractivity contribution in [2.75, 3.05) is 38.2 Å². The Hall–Kier alpha value is -3.38. The van der Waals surface area contributed by atoms with Gasteiger partial charge in [-0.2, -0.15) is 0 Å². The van der Waals surface area contributed by atoms with Crippen LogP contribution in [0.2, 0.25) is 0 Å². The SMILES string of the molecule is COc1ccc(-c2ncccc2CN2CCN(c3ccc(C(=O)O)cc3)CC2)cc1. The number of rotatable bonds is 6. The van der Waals surface area contributed by atoms with E-state index in [9.17, 15) is 4.79 Å². The Morgan fingerprint density at radius 3 is 2.33 bits per heavy atom. The van der Waals surface area contributed by atoms with E-state index in [1.165, 1.54) is 5.56 Å². The van der Waals surface area contributed by atoms with Gasteiger partial charge in [0, 0.05) is 50.2 Å². The van der Waals surface area contributed by atoms with Gasteiger partial charge in [-0.3, -0.25) is 9.88 Å². The number of hydrogen-bond acceptors (Lipinski definition) is 5. The van der Waals surface area contributed by atoms with Crippen LogP contribution in [0.1, 0.15) is 15.9 Å². The highest BCUT2D eigenvalue weighted by Crippen LogP contribution is 2.25. The molecule has 0 unspecified atom stereocenters. The molecule has 0 atom stereocenters. The number of benzene rings is 2. The first-order valence-electron chi connectivity index (χ1n) is 10.0. The molecule has 30 heavy (non-hydrogen) atoms. The fourth-order valence-corrected chi connectivity index (χ4v) is 3.79. The third kappa shape index (κ3) is 4.44. The zero-order chi connectivity index (χ0) is 20.9. The molecule has 4 rings (SSSR count). The van der Waals surface area contributed by atoms with E-state index < -0.39 is 5.97 Å². The molecule has 6 heteroatoms. The molecule has 3 aromatic rings. The first-order valence-corrected chi connectivity index (χ1v) is 10.0. The third-order valence-corrected chi connectivity index (χ3v) is 5.50. The minimum Gasteiger partial charge on any atom is -0.497 e. The molecule has 154 valence electrons. The Balaban J connectivity index is 1.41. The number of carbonyl (C=O) groups is 1. The average Bonchev–Trinajstić information content (AvgIpc) is 2.80. The molecule has 0 saturated carbocycles. The van der Waals surface area contributed by atoms with E-state index in [2.05, 4.69) is 20.9 Å². The minimum absolute atomic E-state index is 0.319. The number of methoxy groups -OCH3 is 1. The number of ether oxygens (including phenoxy) is 1. The quantitative estimate of drug-likeness (QED) is 0.676. The minimum atomic E-state index is -0.893. The maximum absolute atomic E-state index is 11.0. The fraction of sp³-hybridized carbons (Fsp3) is 0.250. The van der Waals surface area contributed by atoms with Crippen LogP contribution in [0.5, 0.6) is 5.75 Å². The van der Waals surface area contributed by atoms with Crippen LogP contribution in [0.25, 0.3) is 11.3 Å². The highest BCUT2D eigenvalue weighted by molar-refractivity contribution is 5.88. The summed E-state index contributed by atoms with van der Waals surface area (Å²) >= 11 is 0. The number of anilines is 1. The van der Waals surface area contributed by atoms with Gasteiger partial charge >= 0.3 is 5.97 Å². The van der Waals surface area contributed by atoms with Crippen LogP contribution < -0.4 is 9.64 Å². The van der Waals surface area contributed by atoms with Gasteiger partial charge in [-0.25, -0.2) is 4.79 Å². The highest BCUT2D eigenvalue weighted by atomic mass is 16.5. The van der Waals surface area contributed by atoms with Crippen molar-refractivity contribution in [3.8, 4) is 17.0 Å². The number of piperazine rings is 1. The summed E-state index contributed by atoms with van der Waals surface area (Å²) in [6.07, 6.45) is 1.84. The maximum atomic E-state index is 11.0. The summed E-state index contributed by atoms with van der Waals surface area (Å²) in [7, 11) is 1.67. The van der Waals surface area contributed by atoms with Gasteiger partial charge in [0.05, 0.1) is 18.4 Å². The number of aromatic nitrogens is 1. The van der Waals surface area contributed by atoms with E-state index in [1.807, 2.05) is 48.7 Å². The molecule has 1 saturated heterocycles.